The van der Waals surface area contributed by atoms with Gasteiger partial charge in [-0.25, -0.2) is 4.98 Å². The number of carbonyl (C=O) groups is 1. The maximum absolute atomic E-state index is 12.6. The van der Waals surface area contributed by atoms with Crippen molar-refractivity contribution in [3.8, 4) is 0 Å². The molecule has 2 heterocycles. The van der Waals surface area contributed by atoms with Crippen LogP contribution < -0.4 is 5.32 Å². The number of anilines is 1. The normalized spacial score (nSPS) is 15.2. The van der Waals surface area contributed by atoms with E-state index < -0.39 is 0 Å². The highest BCUT2D eigenvalue weighted by Crippen LogP contribution is 2.19. The Kier molecular flexibility index (Phi) is 5.92. The third-order valence-electron chi connectivity index (χ3n) is 4.71. The number of nitrogens with zero attached hydrogens (tertiary/aromatic N) is 2. The van der Waals surface area contributed by atoms with E-state index in [-0.39, 0.29) is 5.91 Å². The standard InChI is InChI=1S/C20H24ClN3O/c1-15-8-12-24(13-9-15)20(25)17-7-11-23-19(14-17)22-10-6-16-2-4-18(21)5-3-16/h2-5,7,11,14-15H,6,8-10,12-13H2,1H3,(H,22,23). The minimum absolute atomic E-state index is 0.107. The molecule has 0 spiro atoms. The molecular formula is C20H24ClN3O. The van der Waals surface area contributed by atoms with Gasteiger partial charge in [-0.3, -0.25) is 4.79 Å². The second kappa shape index (κ2) is 8.34. The minimum Gasteiger partial charge on any atom is -0.370 e. The van der Waals surface area contributed by atoms with Gasteiger partial charge in [0.05, 0.1) is 0 Å². The van der Waals surface area contributed by atoms with Crippen molar-refractivity contribution in [1.82, 2.24) is 9.88 Å². The van der Waals surface area contributed by atoms with E-state index >= 15 is 0 Å². The molecular weight excluding hydrogens is 334 g/mol. The Morgan fingerprint density at radius 3 is 2.68 bits per heavy atom. The summed E-state index contributed by atoms with van der Waals surface area (Å²) in [5.74, 6) is 1.56. The molecule has 3 rings (SSSR count). The van der Waals surface area contributed by atoms with Crippen LogP contribution in [-0.2, 0) is 6.42 Å². The summed E-state index contributed by atoms with van der Waals surface area (Å²) in [6, 6.07) is 11.5. The third kappa shape index (κ3) is 4.95. The van der Waals surface area contributed by atoms with E-state index in [2.05, 4.69) is 17.2 Å². The first-order valence-electron chi connectivity index (χ1n) is 8.85. The molecule has 0 bridgehead atoms. The van der Waals surface area contributed by atoms with Crippen LogP contribution in [-0.4, -0.2) is 35.4 Å². The van der Waals surface area contributed by atoms with Gasteiger partial charge in [0.25, 0.3) is 5.91 Å². The van der Waals surface area contributed by atoms with Crippen LogP contribution in [0.25, 0.3) is 0 Å². The Labute approximate surface area is 154 Å². The van der Waals surface area contributed by atoms with Gasteiger partial charge in [-0.1, -0.05) is 30.7 Å². The fourth-order valence-electron chi connectivity index (χ4n) is 3.04. The van der Waals surface area contributed by atoms with Gasteiger partial charge < -0.3 is 10.2 Å². The third-order valence-corrected chi connectivity index (χ3v) is 4.96. The summed E-state index contributed by atoms with van der Waals surface area (Å²) in [6.45, 7) is 4.70. The van der Waals surface area contributed by atoms with Crippen LogP contribution in [0.15, 0.2) is 42.6 Å². The lowest BCUT2D eigenvalue weighted by molar-refractivity contribution is 0.0697. The van der Waals surface area contributed by atoms with Crippen LogP contribution in [0.1, 0.15) is 35.7 Å². The first-order chi connectivity index (χ1) is 12.1. The topological polar surface area (TPSA) is 45.2 Å². The molecule has 1 amide bonds. The van der Waals surface area contributed by atoms with E-state index in [0.29, 0.717) is 11.5 Å². The first kappa shape index (κ1) is 17.7. The summed E-state index contributed by atoms with van der Waals surface area (Å²) in [6.07, 6.45) is 4.75. The molecule has 1 aliphatic rings. The Bertz CT molecular complexity index is 709. The minimum atomic E-state index is 0.107. The Balaban J connectivity index is 1.55. The lowest BCUT2D eigenvalue weighted by Crippen LogP contribution is -2.37. The predicted molar refractivity (Wildman–Crippen MR) is 102 cm³/mol. The molecule has 1 aliphatic heterocycles. The number of aromatic nitrogens is 1. The number of piperidine rings is 1. The summed E-state index contributed by atoms with van der Waals surface area (Å²) in [5.41, 5.74) is 1.92. The van der Waals surface area contributed by atoms with Crippen molar-refractivity contribution in [1.29, 1.82) is 0 Å². The molecule has 2 aromatic rings. The van der Waals surface area contributed by atoms with E-state index in [1.807, 2.05) is 35.2 Å². The fourth-order valence-corrected chi connectivity index (χ4v) is 3.17. The van der Waals surface area contributed by atoms with E-state index in [1.54, 1.807) is 12.3 Å². The van der Waals surface area contributed by atoms with Gasteiger partial charge in [0.15, 0.2) is 0 Å². The summed E-state index contributed by atoms with van der Waals surface area (Å²) in [5, 5.41) is 4.05. The van der Waals surface area contributed by atoms with Crippen LogP contribution >= 0.6 is 11.6 Å². The smallest absolute Gasteiger partial charge is 0.254 e. The average molecular weight is 358 g/mol. The lowest BCUT2D eigenvalue weighted by atomic mass is 9.99. The summed E-state index contributed by atoms with van der Waals surface area (Å²) in [4.78, 5) is 18.9. The molecule has 1 aromatic heterocycles. The second-order valence-electron chi connectivity index (χ2n) is 6.71. The maximum Gasteiger partial charge on any atom is 0.254 e. The molecule has 25 heavy (non-hydrogen) atoms. The van der Waals surface area contributed by atoms with Gasteiger partial charge in [-0.15, -0.1) is 0 Å². The number of hydrogen-bond donors (Lipinski definition) is 1. The number of nitrogens with one attached hydrogen (secondary N) is 1. The highest BCUT2D eigenvalue weighted by molar-refractivity contribution is 6.30. The van der Waals surface area contributed by atoms with Crippen molar-refractivity contribution in [3.63, 3.8) is 0 Å². The zero-order valence-electron chi connectivity index (χ0n) is 14.5. The Hall–Kier alpha value is -2.07. The van der Waals surface area contributed by atoms with Crippen LogP contribution in [0.4, 0.5) is 5.82 Å². The van der Waals surface area contributed by atoms with E-state index in [4.69, 9.17) is 11.6 Å². The monoisotopic (exact) mass is 357 g/mol. The molecule has 5 heteroatoms. The molecule has 1 N–H and O–H groups in total. The number of hydrogen-bond acceptors (Lipinski definition) is 3. The number of carbonyl (C=O) groups excluding carboxylic acids is 1. The molecule has 0 radical (unpaired) electrons. The number of amides is 1. The number of halogens is 1. The molecule has 1 fully saturated rings. The number of benzene rings is 1. The SMILES string of the molecule is CC1CCN(C(=O)c2ccnc(NCCc3ccc(Cl)cc3)c2)CC1. The summed E-state index contributed by atoms with van der Waals surface area (Å²) >= 11 is 5.90. The van der Waals surface area contributed by atoms with Gasteiger partial charge in [-0.05, 0) is 55.0 Å². The number of rotatable bonds is 5. The highest BCUT2D eigenvalue weighted by Gasteiger charge is 2.21. The van der Waals surface area contributed by atoms with Crippen LogP contribution in [0.5, 0.6) is 0 Å². The zero-order chi connectivity index (χ0) is 17.6. The first-order valence-corrected chi connectivity index (χ1v) is 9.23. The predicted octanol–water partition coefficient (Wildman–Crippen LogP) is 4.26. The van der Waals surface area contributed by atoms with E-state index in [9.17, 15) is 4.79 Å². The second-order valence-corrected chi connectivity index (χ2v) is 7.14. The van der Waals surface area contributed by atoms with Crippen molar-refractivity contribution in [2.75, 3.05) is 25.0 Å². The maximum atomic E-state index is 12.6. The average Bonchev–Trinajstić information content (AvgIpc) is 2.64. The molecule has 1 aromatic carbocycles. The molecule has 1 saturated heterocycles. The van der Waals surface area contributed by atoms with Gasteiger partial charge in [-0.2, -0.15) is 0 Å². The van der Waals surface area contributed by atoms with Crippen molar-refractivity contribution in [2.45, 2.75) is 26.2 Å². The summed E-state index contributed by atoms with van der Waals surface area (Å²) < 4.78 is 0. The van der Waals surface area contributed by atoms with Crippen LogP contribution in [0.2, 0.25) is 5.02 Å². The molecule has 0 unspecified atom stereocenters. The van der Waals surface area contributed by atoms with E-state index in [0.717, 1.165) is 49.7 Å². The fraction of sp³-hybridized carbons (Fsp3) is 0.400. The van der Waals surface area contributed by atoms with Gasteiger partial charge in [0.2, 0.25) is 0 Å². The quantitative estimate of drug-likeness (QED) is 0.869. The lowest BCUT2D eigenvalue weighted by Gasteiger charge is -2.30. The van der Waals surface area contributed by atoms with Crippen molar-refractivity contribution in [2.24, 2.45) is 5.92 Å². The Morgan fingerprint density at radius 1 is 1.24 bits per heavy atom. The Morgan fingerprint density at radius 2 is 1.96 bits per heavy atom. The molecule has 0 saturated carbocycles. The largest absolute Gasteiger partial charge is 0.370 e. The van der Waals surface area contributed by atoms with E-state index in [1.165, 1.54) is 5.56 Å². The van der Waals surface area contributed by atoms with Gasteiger partial charge >= 0.3 is 0 Å². The molecule has 0 aliphatic carbocycles. The molecule has 132 valence electrons. The van der Waals surface area contributed by atoms with Gasteiger partial charge in [0.1, 0.15) is 5.82 Å². The molecule has 0 atom stereocenters. The zero-order valence-corrected chi connectivity index (χ0v) is 15.3. The van der Waals surface area contributed by atoms with Crippen LogP contribution in [0, 0.1) is 5.92 Å². The van der Waals surface area contributed by atoms with Crippen molar-refractivity contribution in [3.05, 3.63) is 58.7 Å². The van der Waals surface area contributed by atoms with Gasteiger partial charge in [0, 0.05) is 36.4 Å². The highest BCUT2D eigenvalue weighted by atomic mass is 35.5. The number of likely N-dealkylation sites (tertiary alicyclic amines) is 1. The van der Waals surface area contributed by atoms with Crippen LogP contribution in [0.3, 0.4) is 0 Å². The number of pyridine rings is 1. The van der Waals surface area contributed by atoms with Crippen molar-refractivity contribution >= 4 is 23.3 Å². The summed E-state index contributed by atoms with van der Waals surface area (Å²) in [7, 11) is 0. The van der Waals surface area contributed by atoms with Crippen molar-refractivity contribution < 1.29 is 4.79 Å². The molecule has 4 nitrogen and oxygen atoms in total.